The summed E-state index contributed by atoms with van der Waals surface area (Å²) in [5.41, 5.74) is -1.43. The van der Waals surface area contributed by atoms with E-state index in [0.717, 1.165) is 16.7 Å². The molecule has 0 unspecified atom stereocenters. The van der Waals surface area contributed by atoms with E-state index < -0.39 is 121 Å². The molecule has 6 rings (SSSR count). The van der Waals surface area contributed by atoms with E-state index in [1.807, 2.05) is 62.0 Å². The third-order valence-corrected chi connectivity index (χ3v) is 16.3. The Labute approximate surface area is 442 Å². The summed E-state index contributed by atoms with van der Waals surface area (Å²) in [7, 11) is 6.73. The Hall–Kier alpha value is -3.68. The molecule has 1 aromatic carbocycles. The number of hydrogen-bond acceptors (Lipinski definition) is 19. The number of halogens is 1. The Morgan fingerprint density at radius 3 is 2.24 bits per heavy atom. The van der Waals surface area contributed by atoms with Crippen molar-refractivity contribution in [3.8, 4) is 11.1 Å². The predicted molar refractivity (Wildman–Crippen MR) is 275 cm³/mol. The number of methoxy groups -OCH3 is 2. The maximum atomic E-state index is 14.9. The Morgan fingerprint density at radius 2 is 1.61 bits per heavy atom. The van der Waals surface area contributed by atoms with Gasteiger partial charge in [0.1, 0.15) is 55.2 Å². The van der Waals surface area contributed by atoms with Gasteiger partial charge in [0.2, 0.25) is 0 Å². The van der Waals surface area contributed by atoms with Gasteiger partial charge in [0.05, 0.1) is 47.2 Å². The molecule has 5 heterocycles. The Balaban J connectivity index is 1.23. The SMILES string of the molecule is CC[C@H]1OC(=O)[C@H](C)[C@@H](O[C@H]2C[C@@](C)(OC)[C@@H](O)[C@H](C)O2)C[C@@H](O[C@@H]2O[C@H](C)C[C@H](N(C)CCc3cn([C@H](CF)[C@H](OC)c4ccc(-c5cncnc5)cc4)nn3)[C@H]2O)[C@](C)(O)C[C@@H](C)CN(C)[C@H](C)[C@@H](O)[C@]1(C)O. The molecule has 0 aliphatic carbocycles. The molecule has 0 radical (unpaired) electrons. The van der Waals surface area contributed by atoms with Crippen LogP contribution in [-0.2, 0) is 44.4 Å². The van der Waals surface area contributed by atoms with E-state index in [9.17, 15) is 34.7 Å². The van der Waals surface area contributed by atoms with Gasteiger partial charge in [0, 0.05) is 82.8 Å². The van der Waals surface area contributed by atoms with Crippen LogP contribution < -0.4 is 0 Å². The normalized spacial score (nSPS) is 37.8. The second-order valence-corrected chi connectivity index (χ2v) is 22.3. The molecule has 0 bridgehead atoms. The molecule has 0 amide bonds. The van der Waals surface area contributed by atoms with Crippen LogP contribution in [-0.4, -0.2) is 205 Å². The van der Waals surface area contributed by atoms with E-state index in [4.69, 9.17) is 33.2 Å². The van der Waals surface area contributed by atoms with Crippen molar-refractivity contribution >= 4 is 5.97 Å². The zero-order valence-electron chi connectivity index (χ0n) is 46.2. The van der Waals surface area contributed by atoms with E-state index >= 15 is 0 Å². The van der Waals surface area contributed by atoms with Gasteiger partial charge >= 0.3 is 5.97 Å². The molecule has 0 saturated carbocycles. The molecule has 3 aliphatic heterocycles. The highest BCUT2D eigenvalue weighted by molar-refractivity contribution is 5.73. The van der Waals surface area contributed by atoms with Crippen molar-refractivity contribution in [1.82, 2.24) is 34.8 Å². The number of hydrogen-bond donors (Lipinski definition) is 5. The fraction of sp³-hybridized carbons (Fsp3) is 0.759. The molecular formula is C54H86FN7O13. The van der Waals surface area contributed by atoms with Gasteiger partial charge in [-0.15, -0.1) is 5.10 Å². The second kappa shape index (κ2) is 25.9. The topological polar surface area (TPSA) is 246 Å². The number of carbonyl (C=O) groups is 1. The maximum Gasteiger partial charge on any atom is 0.311 e. The summed E-state index contributed by atoms with van der Waals surface area (Å²) in [6.45, 7) is 15.6. The number of aliphatic hydroxyl groups is 5. The number of cyclic esters (lactones) is 1. The molecule has 3 saturated heterocycles. The Kier molecular flexibility index (Phi) is 20.9. The van der Waals surface area contributed by atoms with Crippen LogP contribution in [0.2, 0.25) is 0 Å². The molecule has 21 heteroatoms. The predicted octanol–water partition coefficient (Wildman–Crippen LogP) is 4.21. The lowest BCUT2D eigenvalue weighted by molar-refractivity contribution is -0.308. The first kappa shape index (κ1) is 60.5. The van der Waals surface area contributed by atoms with Crippen LogP contribution in [0.4, 0.5) is 4.39 Å². The van der Waals surface area contributed by atoms with Crippen molar-refractivity contribution in [3.63, 3.8) is 0 Å². The number of carbonyl (C=O) groups excluding carboxylic acids is 1. The van der Waals surface area contributed by atoms with Crippen LogP contribution in [0, 0.1) is 11.8 Å². The van der Waals surface area contributed by atoms with Gasteiger partial charge < -0.3 is 68.5 Å². The lowest BCUT2D eigenvalue weighted by atomic mass is 9.83. The molecule has 20 nitrogen and oxygen atoms in total. The van der Waals surface area contributed by atoms with E-state index in [0.29, 0.717) is 31.6 Å². The van der Waals surface area contributed by atoms with Crippen LogP contribution in [0.15, 0.2) is 49.2 Å². The third kappa shape index (κ3) is 14.3. The van der Waals surface area contributed by atoms with Crippen molar-refractivity contribution in [2.24, 2.45) is 11.8 Å². The zero-order valence-corrected chi connectivity index (χ0v) is 46.2. The molecule has 3 fully saturated rings. The number of benzene rings is 1. The van der Waals surface area contributed by atoms with Crippen LogP contribution in [0.25, 0.3) is 11.1 Å². The standard InChI is InChI=1S/C54H86FN7O13/c1-14-43-54(9,68)48(64)34(5)61(11)28-31(2)23-52(7,67)44(22-42(33(4)50(66)74-43)73-45-24-53(8,70-13)49(65)35(6)72-45)75-51-46(63)40(21-32(3)71-51)60(10)20-19-39-29-62(59-58-39)41(25-55)47(69-12)37-17-15-36(16-18-37)38-26-56-30-57-27-38/h15-18,26-27,29-35,40-49,51,63-65,67-68H,14,19-25,28H2,1-13H3/t31-,32-,33-,34-,35+,40+,41-,42+,43-,44-,45+,46-,47-,48-,49+,51+,52-,53-,54-/m1/s1. The molecule has 0 spiro atoms. The minimum Gasteiger partial charge on any atom is -0.459 e. The highest BCUT2D eigenvalue weighted by atomic mass is 19.1. The number of aromatic nitrogens is 5. The van der Waals surface area contributed by atoms with Crippen molar-refractivity contribution < 1.29 is 67.9 Å². The van der Waals surface area contributed by atoms with Crippen LogP contribution in [0.5, 0.6) is 0 Å². The summed E-state index contributed by atoms with van der Waals surface area (Å²) in [6, 6.07) is 5.72. The van der Waals surface area contributed by atoms with Crippen molar-refractivity contribution in [3.05, 3.63) is 60.4 Å². The number of rotatable bonds is 16. The van der Waals surface area contributed by atoms with Gasteiger partial charge in [-0.05, 0) is 98.9 Å². The third-order valence-electron chi connectivity index (χ3n) is 16.3. The number of aliphatic hydroxyl groups excluding tert-OH is 3. The minimum absolute atomic E-state index is 0.0893. The van der Waals surface area contributed by atoms with Crippen molar-refractivity contribution in [2.45, 2.75) is 203 Å². The summed E-state index contributed by atoms with van der Waals surface area (Å²) >= 11 is 0. The van der Waals surface area contributed by atoms with E-state index in [-0.39, 0.29) is 31.6 Å². The second-order valence-electron chi connectivity index (χ2n) is 22.3. The average molecular weight is 1060 g/mol. The average Bonchev–Trinajstić information content (AvgIpc) is 3.85. The highest BCUT2D eigenvalue weighted by Crippen LogP contribution is 2.39. The summed E-state index contributed by atoms with van der Waals surface area (Å²) in [4.78, 5) is 26.5. The van der Waals surface area contributed by atoms with Gasteiger partial charge in [-0.2, -0.15) is 0 Å². The molecule has 422 valence electrons. The fourth-order valence-corrected chi connectivity index (χ4v) is 11.2. The quantitative estimate of drug-likeness (QED) is 0.126. The smallest absolute Gasteiger partial charge is 0.311 e. The van der Waals surface area contributed by atoms with Crippen molar-refractivity contribution in [2.75, 3.05) is 48.1 Å². The summed E-state index contributed by atoms with van der Waals surface area (Å²) < 4.78 is 60.2. The number of ether oxygens (including phenoxy) is 7. The fourth-order valence-electron chi connectivity index (χ4n) is 11.2. The van der Waals surface area contributed by atoms with E-state index in [1.54, 1.807) is 60.1 Å². The minimum atomic E-state index is -1.85. The summed E-state index contributed by atoms with van der Waals surface area (Å²) in [5, 5.41) is 68.2. The first-order chi connectivity index (χ1) is 35.4. The van der Waals surface area contributed by atoms with Crippen LogP contribution in [0.3, 0.4) is 0 Å². The van der Waals surface area contributed by atoms with Crippen LogP contribution >= 0.6 is 0 Å². The lowest BCUT2D eigenvalue weighted by Crippen LogP contribution is -2.59. The van der Waals surface area contributed by atoms with E-state index in [1.165, 1.54) is 32.2 Å². The van der Waals surface area contributed by atoms with Crippen LogP contribution in [0.1, 0.15) is 118 Å². The molecule has 5 N–H and O–H groups in total. The molecule has 2 aromatic heterocycles. The first-order valence-corrected chi connectivity index (χ1v) is 26.5. The Morgan fingerprint density at radius 1 is 0.933 bits per heavy atom. The first-order valence-electron chi connectivity index (χ1n) is 26.5. The monoisotopic (exact) mass is 1060 g/mol. The van der Waals surface area contributed by atoms with Gasteiger partial charge in [-0.25, -0.2) is 19.0 Å². The summed E-state index contributed by atoms with van der Waals surface area (Å²) in [6.07, 6.45) is -3.08. The highest BCUT2D eigenvalue weighted by Gasteiger charge is 2.51. The van der Waals surface area contributed by atoms with Crippen molar-refractivity contribution in [1.29, 1.82) is 0 Å². The molecule has 75 heavy (non-hydrogen) atoms. The number of alkyl halides is 1. The molecular weight excluding hydrogens is 974 g/mol. The zero-order chi connectivity index (χ0) is 55.2. The lowest BCUT2D eigenvalue weighted by Gasteiger charge is -2.47. The number of likely N-dealkylation sites (N-methyl/N-ethyl adjacent to an activating group) is 2. The molecule has 19 atom stereocenters. The molecule has 3 aliphatic rings. The largest absolute Gasteiger partial charge is 0.459 e. The van der Waals surface area contributed by atoms with E-state index in [2.05, 4.69) is 20.3 Å². The van der Waals surface area contributed by atoms with Gasteiger partial charge in [-0.3, -0.25) is 4.79 Å². The van der Waals surface area contributed by atoms with Gasteiger partial charge in [0.25, 0.3) is 0 Å². The Bertz CT molecular complexity index is 2230. The maximum absolute atomic E-state index is 14.9. The number of esters is 1. The van der Waals surface area contributed by atoms with Gasteiger partial charge in [0.15, 0.2) is 12.6 Å². The van der Waals surface area contributed by atoms with Gasteiger partial charge in [-0.1, -0.05) is 43.3 Å². The molecule has 3 aromatic rings. The summed E-state index contributed by atoms with van der Waals surface area (Å²) in [5.74, 6) is -2.00. The number of nitrogens with zero attached hydrogens (tertiary/aromatic N) is 7.